The topological polar surface area (TPSA) is 31.4 Å². The largest absolute Gasteiger partial charge is 0.350 e. The molecule has 2 heterocycles. The van der Waals surface area contributed by atoms with Crippen LogP contribution < -0.4 is 10.2 Å². The van der Waals surface area contributed by atoms with Crippen LogP contribution in [0.4, 0.5) is 5.13 Å². The van der Waals surface area contributed by atoms with Gasteiger partial charge in [0, 0.05) is 31.1 Å². The Morgan fingerprint density at radius 1 is 1.45 bits per heavy atom. The molecule has 1 unspecified atom stereocenters. The minimum atomic E-state index is 0.686. The molecule has 1 N–H and O–H groups in total. The molecule has 1 aromatic heterocycles. The van der Waals surface area contributed by atoms with E-state index in [1.54, 1.807) is 0 Å². The summed E-state index contributed by atoms with van der Waals surface area (Å²) < 4.78 is 0. The average Bonchev–Trinajstić information content (AvgIpc) is 3.03. The van der Waals surface area contributed by atoms with Crippen LogP contribution in [0.1, 0.15) is 37.3 Å². The van der Waals surface area contributed by atoms with Gasteiger partial charge in [-0.1, -0.05) is 13.8 Å². The first kappa shape index (κ1) is 15.7. The van der Waals surface area contributed by atoms with E-state index in [0.717, 1.165) is 26.1 Å². The van der Waals surface area contributed by atoms with Gasteiger partial charge in [0.25, 0.3) is 0 Å². The number of aryl methyl sites for hydroxylation is 1. The van der Waals surface area contributed by atoms with Gasteiger partial charge in [0.15, 0.2) is 5.13 Å². The summed E-state index contributed by atoms with van der Waals surface area (Å²) in [5, 5.41) is 4.59. The summed E-state index contributed by atoms with van der Waals surface area (Å²) in [5.41, 5.74) is 1.26. The van der Waals surface area contributed by atoms with Crippen molar-refractivity contribution in [2.24, 2.45) is 0 Å². The molecular formula is C15H28N4S. The molecular weight excluding hydrogens is 268 g/mol. The SMILES string of the molecule is CCNCc1sc(N(C)CC2CCCN2C)nc1CC. The van der Waals surface area contributed by atoms with E-state index >= 15 is 0 Å². The molecule has 1 aromatic rings. The summed E-state index contributed by atoms with van der Waals surface area (Å²) in [6, 6.07) is 0.686. The lowest BCUT2D eigenvalue weighted by atomic mass is 10.2. The Hall–Kier alpha value is -0.650. The zero-order valence-electron chi connectivity index (χ0n) is 13.3. The molecule has 0 spiro atoms. The van der Waals surface area contributed by atoms with E-state index in [1.807, 2.05) is 11.3 Å². The van der Waals surface area contributed by atoms with E-state index in [2.05, 4.69) is 43.1 Å². The van der Waals surface area contributed by atoms with Crippen molar-refractivity contribution < 1.29 is 0 Å². The van der Waals surface area contributed by atoms with E-state index in [-0.39, 0.29) is 0 Å². The summed E-state index contributed by atoms with van der Waals surface area (Å²) in [6.07, 6.45) is 3.67. The number of thiazole rings is 1. The highest BCUT2D eigenvalue weighted by Crippen LogP contribution is 2.27. The normalized spacial score (nSPS) is 19.7. The fourth-order valence-electron chi connectivity index (χ4n) is 2.79. The second-order valence-electron chi connectivity index (χ2n) is 5.66. The molecule has 0 bridgehead atoms. The fourth-order valence-corrected chi connectivity index (χ4v) is 3.88. The summed E-state index contributed by atoms with van der Waals surface area (Å²) in [4.78, 5) is 11.0. The molecule has 0 amide bonds. The monoisotopic (exact) mass is 296 g/mol. The number of nitrogens with zero attached hydrogens (tertiary/aromatic N) is 3. The summed E-state index contributed by atoms with van der Waals surface area (Å²) >= 11 is 1.85. The highest BCUT2D eigenvalue weighted by molar-refractivity contribution is 7.15. The zero-order valence-corrected chi connectivity index (χ0v) is 14.1. The molecule has 0 saturated carbocycles. The van der Waals surface area contributed by atoms with Crippen LogP contribution in [0, 0.1) is 0 Å². The van der Waals surface area contributed by atoms with E-state index < -0.39 is 0 Å². The lowest BCUT2D eigenvalue weighted by Crippen LogP contribution is -2.36. The van der Waals surface area contributed by atoms with Crippen molar-refractivity contribution >= 4 is 16.5 Å². The highest BCUT2D eigenvalue weighted by atomic mass is 32.1. The first-order valence-electron chi connectivity index (χ1n) is 7.76. The van der Waals surface area contributed by atoms with Gasteiger partial charge in [-0.15, -0.1) is 11.3 Å². The Balaban J connectivity index is 2.01. The molecule has 114 valence electrons. The van der Waals surface area contributed by atoms with Crippen molar-refractivity contribution in [3.8, 4) is 0 Å². The number of likely N-dealkylation sites (tertiary alicyclic amines) is 1. The Bertz CT molecular complexity index is 418. The molecule has 1 atom stereocenters. The van der Waals surface area contributed by atoms with Gasteiger partial charge in [0.1, 0.15) is 0 Å². The van der Waals surface area contributed by atoms with Crippen LogP contribution >= 0.6 is 11.3 Å². The van der Waals surface area contributed by atoms with Gasteiger partial charge in [-0.25, -0.2) is 4.98 Å². The predicted octanol–water partition coefficient (Wildman–Crippen LogP) is 2.35. The molecule has 20 heavy (non-hydrogen) atoms. The highest BCUT2D eigenvalue weighted by Gasteiger charge is 2.23. The molecule has 0 aliphatic carbocycles. The van der Waals surface area contributed by atoms with E-state index in [0.29, 0.717) is 6.04 Å². The Morgan fingerprint density at radius 3 is 2.85 bits per heavy atom. The van der Waals surface area contributed by atoms with Crippen LogP contribution in [0.2, 0.25) is 0 Å². The van der Waals surface area contributed by atoms with Crippen LogP contribution in [0.5, 0.6) is 0 Å². The third-order valence-corrected chi connectivity index (χ3v) is 5.33. The summed E-state index contributed by atoms with van der Waals surface area (Å²) in [5.74, 6) is 0. The van der Waals surface area contributed by atoms with Gasteiger partial charge < -0.3 is 15.1 Å². The minimum Gasteiger partial charge on any atom is -0.350 e. The Labute approximate surface area is 127 Å². The molecule has 1 aliphatic heterocycles. The maximum Gasteiger partial charge on any atom is 0.185 e. The third-order valence-electron chi connectivity index (χ3n) is 4.12. The lowest BCUT2D eigenvalue weighted by Gasteiger charge is -2.25. The third kappa shape index (κ3) is 3.71. The smallest absolute Gasteiger partial charge is 0.185 e. The fraction of sp³-hybridized carbons (Fsp3) is 0.800. The number of aromatic nitrogens is 1. The number of rotatable bonds is 7. The van der Waals surface area contributed by atoms with Crippen molar-refractivity contribution in [1.82, 2.24) is 15.2 Å². The van der Waals surface area contributed by atoms with Gasteiger partial charge in [0.05, 0.1) is 5.69 Å². The quantitative estimate of drug-likeness (QED) is 0.837. The number of hydrogen-bond donors (Lipinski definition) is 1. The molecule has 1 saturated heterocycles. The van der Waals surface area contributed by atoms with E-state index in [4.69, 9.17) is 4.98 Å². The van der Waals surface area contributed by atoms with Crippen LogP contribution in [-0.4, -0.2) is 49.7 Å². The first-order chi connectivity index (χ1) is 9.65. The van der Waals surface area contributed by atoms with Gasteiger partial charge in [-0.2, -0.15) is 0 Å². The standard InChI is InChI=1S/C15H28N4S/c1-5-13-14(10-16-6-2)20-15(17-13)19(4)11-12-8-7-9-18(12)3/h12,16H,5-11H2,1-4H3. The summed E-state index contributed by atoms with van der Waals surface area (Å²) in [6.45, 7) is 8.64. The van der Waals surface area contributed by atoms with Crippen molar-refractivity contribution in [2.45, 2.75) is 45.7 Å². The van der Waals surface area contributed by atoms with Crippen molar-refractivity contribution in [3.05, 3.63) is 10.6 Å². The minimum absolute atomic E-state index is 0.686. The predicted molar refractivity (Wildman–Crippen MR) is 87.8 cm³/mol. The zero-order chi connectivity index (χ0) is 14.5. The number of hydrogen-bond acceptors (Lipinski definition) is 5. The molecule has 4 nitrogen and oxygen atoms in total. The van der Waals surface area contributed by atoms with Gasteiger partial charge in [-0.3, -0.25) is 0 Å². The van der Waals surface area contributed by atoms with E-state index in [1.165, 1.54) is 35.1 Å². The van der Waals surface area contributed by atoms with Crippen molar-refractivity contribution in [3.63, 3.8) is 0 Å². The van der Waals surface area contributed by atoms with Gasteiger partial charge >= 0.3 is 0 Å². The second kappa shape index (κ2) is 7.38. The molecule has 1 aliphatic rings. The van der Waals surface area contributed by atoms with Crippen molar-refractivity contribution in [1.29, 1.82) is 0 Å². The van der Waals surface area contributed by atoms with Crippen LogP contribution in [-0.2, 0) is 13.0 Å². The Kier molecular flexibility index (Phi) is 5.81. The molecule has 5 heteroatoms. The van der Waals surface area contributed by atoms with Crippen LogP contribution in [0.25, 0.3) is 0 Å². The van der Waals surface area contributed by atoms with Crippen molar-refractivity contribution in [2.75, 3.05) is 38.6 Å². The molecule has 0 radical (unpaired) electrons. The average molecular weight is 296 g/mol. The molecule has 2 rings (SSSR count). The maximum absolute atomic E-state index is 4.83. The van der Waals surface area contributed by atoms with E-state index in [9.17, 15) is 0 Å². The molecule has 0 aromatic carbocycles. The maximum atomic E-state index is 4.83. The van der Waals surface area contributed by atoms with Crippen LogP contribution in [0.15, 0.2) is 0 Å². The number of nitrogens with one attached hydrogen (secondary N) is 1. The first-order valence-corrected chi connectivity index (χ1v) is 8.58. The summed E-state index contributed by atoms with van der Waals surface area (Å²) in [7, 11) is 4.42. The van der Waals surface area contributed by atoms with Crippen LogP contribution in [0.3, 0.4) is 0 Å². The number of likely N-dealkylation sites (N-methyl/N-ethyl adjacent to an activating group) is 2. The van der Waals surface area contributed by atoms with Gasteiger partial charge in [0.2, 0.25) is 0 Å². The van der Waals surface area contributed by atoms with Gasteiger partial charge in [-0.05, 0) is 39.4 Å². The second-order valence-corrected chi connectivity index (χ2v) is 6.72. The number of anilines is 1. The lowest BCUT2D eigenvalue weighted by molar-refractivity contribution is 0.314. The Morgan fingerprint density at radius 2 is 2.25 bits per heavy atom. The molecule has 1 fully saturated rings.